The summed E-state index contributed by atoms with van der Waals surface area (Å²) in [5.74, 6) is 1.22. The molecule has 0 radical (unpaired) electrons. The van der Waals surface area contributed by atoms with Crippen molar-refractivity contribution in [2.75, 3.05) is 6.79 Å². The van der Waals surface area contributed by atoms with Gasteiger partial charge in [-0.3, -0.25) is 4.79 Å². The lowest BCUT2D eigenvalue weighted by atomic mass is 10.1. The Morgan fingerprint density at radius 3 is 2.93 bits per heavy atom. The molecule has 2 rings (SSSR count). The summed E-state index contributed by atoms with van der Waals surface area (Å²) in [5, 5.41) is -0.467. The maximum atomic E-state index is 11.7. The lowest BCUT2D eigenvalue weighted by Gasteiger charge is -2.05. The van der Waals surface area contributed by atoms with Crippen molar-refractivity contribution in [2.45, 2.75) is 18.7 Å². The second-order valence-corrected chi connectivity index (χ2v) is 3.83. The highest BCUT2D eigenvalue weighted by Crippen LogP contribution is 2.33. The number of carbonyl (C=O) groups excluding carboxylic acids is 1. The van der Waals surface area contributed by atoms with E-state index in [1.54, 1.807) is 18.2 Å². The van der Waals surface area contributed by atoms with Crippen molar-refractivity contribution in [3.05, 3.63) is 23.8 Å². The normalized spacial score (nSPS) is 15.1. The minimum atomic E-state index is -0.467. The summed E-state index contributed by atoms with van der Waals surface area (Å²) in [6.45, 7) is 2.09. The molecule has 15 heavy (non-hydrogen) atoms. The zero-order valence-corrected chi connectivity index (χ0v) is 9.08. The van der Waals surface area contributed by atoms with Crippen LogP contribution in [0.2, 0.25) is 0 Å². The summed E-state index contributed by atoms with van der Waals surface area (Å²) in [4.78, 5) is 11.7. The van der Waals surface area contributed by atoms with Crippen LogP contribution in [-0.2, 0) is 0 Å². The molecule has 4 heteroatoms. The fraction of sp³-hybridized carbons (Fsp3) is 0.364. The number of hydrogen-bond acceptors (Lipinski definition) is 3. The quantitative estimate of drug-likeness (QED) is 0.587. The standard InChI is InChI=1S/C11H11ClO3/c1-2-8(12)11(13)7-3-4-9-10(5-7)15-6-14-9/h3-5,8H,2,6H2,1H3. The van der Waals surface area contributed by atoms with E-state index in [0.717, 1.165) is 0 Å². The van der Waals surface area contributed by atoms with Crippen molar-refractivity contribution in [3.8, 4) is 11.5 Å². The van der Waals surface area contributed by atoms with Crippen LogP contribution in [0.3, 0.4) is 0 Å². The minimum Gasteiger partial charge on any atom is -0.454 e. The molecule has 0 saturated heterocycles. The molecular formula is C11H11ClO3. The third-order valence-corrected chi connectivity index (χ3v) is 2.81. The van der Waals surface area contributed by atoms with Crippen LogP contribution >= 0.6 is 11.6 Å². The van der Waals surface area contributed by atoms with Crippen LogP contribution in [0, 0.1) is 0 Å². The molecule has 1 unspecified atom stereocenters. The van der Waals surface area contributed by atoms with Gasteiger partial charge in [0.1, 0.15) is 0 Å². The predicted octanol–water partition coefficient (Wildman–Crippen LogP) is 2.62. The molecule has 3 nitrogen and oxygen atoms in total. The van der Waals surface area contributed by atoms with E-state index in [9.17, 15) is 4.79 Å². The van der Waals surface area contributed by atoms with Gasteiger partial charge in [-0.05, 0) is 24.6 Å². The molecule has 1 heterocycles. The molecule has 1 atom stereocenters. The Kier molecular flexibility index (Phi) is 2.82. The average molecular weight is 227 g/mol. The van der Waals surface area contributed by atoms with Gasteiger partial charge < -0.3 is 9.47 Å². The molecule has 0 aromatic heterocycles. The first-order valence-corrected chi connectivity index (χ1v) is 5.24. The van der Waals surface area contributed by atoms with Crippen LogP contribution < -0.4 is 9.47 Å². The second-order valence-electron chi connectivity index (χ2n) is 3.31. The second kappa shape index (κ2) is 4.11. The Balaban J connectivity index is 2.26. The number of ether oxygens (including phenoxy) is 2. The fourth-order valence-corrected chi connectivity index (χ4v) is 1.54. The highest BCUT2D eigenvalue weighted by atomic mass is 35.5. The number of ketones is 1. The van der Waals surface area contributed by atoms with Crippen LogP contribution in [0.15, 0.2) is 18.2 Å². The lowest BCUT2D eigenvalue weighted by molar-refractivity contribution is 0.0985. The largest absolute Gasteiger partial charge is 0.454 e. The molecule has 1 aliphatic rings. The Hall–Kier alpha value is -1.22. The summed E-state index contributed by atoms with van der Waals surface area (Å²) in [6.07, 6.45) is 0.620. The van der Waals surface area contributed by atoms with Gasteiger partial charge in [0.2, 0.25) is 6.79 Å². The van der Waals surface area contributed by atoms with Crippen LogP contribution in [0.1, 0.15) is 23.7 Å². The number of Topliss-reactive ketones (excluding diaryl/α,β-unsaturated/α-hetero) is 1. The van der Waals surface area contributed by atoms with Crippen molar-refractivity contribution < 1.29 is 14.3 Å². The van der Waals surface area contributed by atoms with Crippen LogP contribution in [-0.4, -0.2) is 18.0 Å². The van der Waals surface area contributed by atoms with Crippen LogP contribution in [0.5, 0.6) is 11.5 Å². The molecule has 1 aromatic carbocycles. The number of carbonyl (C=O) groups is 1. The van der Waals surface area contributed by atoms with Gasteiger partial charge in [0.15, 0.2) is 17.3 Å². The van der Waals surface area contributed by atoms with E-state index in [2.05, 4.69) is 0 Å². The molecule has 80 valence electrons. The molecule has 0 bridgehead atoms. The van der Waals surface area contributed by atoms with Crippen molar-refractivity contribution in [2.24, 2.45) is 0 Å². The summed E-state index contributed by atoms with van der Waals surface area (Å²) in [5.41, 5.74) is 0.570. The maximum absolute atomic E-state index is 11.7. The molecule has 0 aliphatic carbocycles. The van der Waals surface area contributed by atoms with Gasteiger partial charge in [0.05, 0.1) is 5.38 Å². The number of halogens is 1. The fourth-order valence-electron chi connectivity index (χ4n) is 1.42. The van der Waals surface area contributed by atoms with Crippen molar-refractivity contribution in [1.82, 2.24) is 0 Å². The van der Waals surface area contributed by atoms with E-state index < -0.39 is 5.38 Å². The molecule has 0 amide bonds. The monoisotopic (exact) mass is 226 g/mol. The Morgan fingerprint density at radius 2 is 2.20 bits per heavy atom. The first kappa shape index (κ1) is 10.3. The average Bonchev–Trinajstić information content (AvgIpc) is 2.73. The number of alkyl halides is 1. The van der Waals surface area contributed by atoms with Crippen LogP contribution in [0.4, 0.5) is 0 Å². The number of fused-ring (bicyclic) bond motifs is 1. The topological polar surface area (TPSA) is 35.5 Å². The van der Waals surface area contributed by atoms with Crippen LogP contribution in [0.25, 0.3) is 0 Å². The lowest BCUT2D eigenvalue weighted by Crippen LogP contribution is -2.13. The van der Waals surface area contributed by atoms with Gasteiger partial charge in [-0.25, -0.2) is 0 Å². The highest BCUT2D eigenvalue weighted by Gasteiger charge is 2.19. The summed E-state index contributed by atoms with van der Waals surface area (Å²) in [7, 11) is 0. The first-order valence-electron chi connectivity index (χ1n) is 4.80. The Labute approximate surface area is 92.9 Å². The third-order valence-electron chi connectivity index (χ3n) is 2.30. The zero-order chi connectivity index (χ0) is 10.8. The smallest absolute Gasteiger partial charge is 0.231 e. The van der Waals surface area contributed by atoms with Gasteiger partial charge in [-0.15, -0.1) is 11.6 Å². The molecule has 1 aromatic rings. The minimum absolute atomic E-state index is 0.0718. The number of rotatable bonds is 3. The van der Waals surface area contributed by atoms with Gasteiger partial charge in [-0.1, -0.05) is 6.92 Å². The maximum Gasteiger partial charge on any atom is 0.231 e. The van der Waals surface area contributed by atoms with E-state index in [1.165, 1.54) is 0 Å². The van der Waals surface area contributed by atoms with Crippen molar-refractivity contribution >= 4 is 17.4 Å². The van der Waals surface area contributed by atoms with E-state index in [1.807, 2.05) is 6.92 Å². The van der Waals surface area contributed by atoms with Crippen molar-refractivity contribution in [3.63, 3.8) is 0 Å². The SMILES string of the molecule is CCC(Cl)C(=O)c1ccc2c(c1)OCO2. The molecule has 0 saturated carbocycles. The van der Waals surface area contributed by atoms with Gasteiger partial charge in [0.25, 0.3) is 0 Å². The van der Waals surface area contributed by atoms with Gasteiger partial charge in [-0.2, -0.15) is 0 Å². The number of benzene rings is 1. The van der Waals surface area contributed by atoms with E-state index >= 15 is 0 Å². The Bertz CT molecular complexity index is 389. The molecule has 1 aliphatic heterocycles. The summed E-state index contributed by atoms with van der Waals surface area (Å²) in [6, 6.07) is 5.12. The first-order chi connectivity index (χ1) is 7.22. The highest BCUT2D eigenvalue weighted by molar-refractivity contribution is 6.33. The number of hydrogen-bond donors (Lipinski definition) is 0. The Morgan fingerprint density at radius 1 is 1.47 bits per heavy atom. The van der Waals surface area contributed by atoms with Gasteiger partial charge in [0, 0.05) is 5.56 Å². The molecule has 0 spiro atoms. The molecule has 0 N–H and O–H groups in total. The third kappa shape index (κ3) is 1.92. The zero-order valence-electron chi connectivity index (χ0n) is 8.33. The van der Waals surface area contributed by atoms with Gasteiger partial charge >= 0.3 is 0 Å². The molecular weight excluding hydrogens is 216 g/mol. The van der Waals surface area contributed by atoms with E-state index in [4.69, 9.17) is 21.1 Å². The predicted molar refractivity (Wildman–Crippen MR) is 56.8 cm³/mol. The van der Waals surface area contributed by atoms with E-state index in [0.29, 0.717) is 23.5 Å². The molecule has 0 fully saturated rings. The summed E-state index contributed by atoms with van der Waals surface area (Å²) >= 11 is 5.88. The summed E-state index contributed by atoms with van der Waals surface area (Å²) < 4.78 is 10.3. The van der Waals surface area contributed by atoms with Crippen molar-refractivity contribution in [1.29, 1.82) is 0 Å². The van der Waals surface area contributed by atoms with E-state index in [-0.39, 0.29) is 12.6 Å².